The summed E-state index contributed by atoms with van der Waals surface area (Å²) in [6, 6.07) is 16.6. The van der Waals surface area contributed by atoms with Gasteiger partial charge in [-0.05, 0) is 36.4 Å². The number of carbonyl (C=O) groups excluding carboxylic acids is 2. The van der Waals surface area contributed by atoms with Crippen LogP contribution >= 0.6 is 0 Å². The van der Waals surface area contributed by atoms with E-state index in [4.69, 9.17) is 4.74 Å². The van der Waals surface area contributed by atoms with Crippen LogP contribution in [0.2, 0.25) is 0 Å². The first-order chi connectivity index (χ1) is 15.0. The summed E-state index contributed by atoms with van der Waals surface area (Å²) in [6.07, 6.45) is 1.61. The molecule has 2 N–H and O–H groups in total. The van der Waals surface area contributed by atoms with Crippen molar-refractivity contribution < 1.29 is 14.3 Å². The number of para-hydroxylation sites is 2. The third kappa shape index (κ3) is 5.76. The predicted octanol–water partition coefficient (Wildman–Crippen LogP) is 2.82. The number of nitriles is 1. The van der Waals surface area contributed by atoms with Gasteiger partial charge in [0.05, 0.1) is 12.8 Å². The molecule has 31 heavy (non-hydrogen) atoms. The highest BCUT2D eigenvalue weighted by Gasteiger charge is 2.19. The molecule has 0 saturated carbocycles. The second-order valence-electron chi connectivity index (χ2n) is 7.06. The maximum absolute atomic E-state index is 12.5. The van der Waals surface area contributed by atoms with E-state index in [0.29, 0.717) is 24.5 Å². The number of carbonyl (C=O) groups is 2. The van der Waals surface area contributed by atoms with Crippen LogP contribution in [0.1, 0.15) is 6.92 Å². The Bertz CT molecular complexity index is 1000. The molecule has 3 rings (SSSR count). The number of ether oxygens (including phenoxy) is 1. The van der Waals surface area contributed by atoms with Crippen LogP contribution in [0.3, 0.4) is 0 Å². The molecule has 0 spiro atoms. The van der Waals surface area contributed by atoms with E-state index in [2.05, 4.69) is 15.5 Å². The highest BCUT2D eigenvalue weighted by molar-refractivity contribution is 6.06. The van der Waals surface area contributed by atoms with Gasteiger partial charge < -0.3 is 25.2 Å². The minimum absolute atomic E-state index is 0.0386. The summed E-state index contributed by atoms with van der Waals surface area (Å²) in [4.78, 5) is 27.8. The number of methoxy groups -OCH3 is 1. The van der Waals surface area contributed by atoms with Gasteiger partial charge in [-0.25, -0.2) is 0 Å². The standard InChI is InChI=1S/C23H25N5O3/c1-17(29)25-19-7-9-20(10-8-19)26-23(30)18(15-24)16-27-11-13-28(14-12-27)21-5-3-4-6-22(21)31-2/h3-10,16H,11-14H2,1-2H3,(H,25,29)(H,26,30)/b18-16-. The van der Waals surface area contributed by atoms with Gasteiger partial charge in [0.25, 0.3) is 5.91 Å². The predicted molar refractivity (Wildman–Crippen MR) is 120 cm³/mol. The third-order valence-electron chi connectivity index (χ3n) is 4.88. The van der Waals surface area contributed by atoms with Crippen molar-refractivity contribution >= 4 is 28.9 Å². The van der Waals surface area contributed by atoms with Crippen LogP contribution in [0.15, 0.2) is 60.3 Å². The highest BCUT2D eigenvalue weighted by Crippen LogP contribution is 2.28. The molecule has 2 aromatic rings. The summed E-state index contributed by atoms with van der Waals surface area (Å²) >= 11 is 0. The highest BCUT2D eigenvalue weighted by atomic mass is 16.5. The number of rotatable bonds is 6. The Morgan fingerprint density at radius 2 is 1.61 bits per heavy atom. The SMILES string of the molecule is COc1ccccc1N1CCN(/C=C(/C#N)C(=O)Nc2ccc(NC(C)=O)cc2)CC1. The van der Waals surface area contributed by atoms with Gasteiger partial charge in [-0.1, -0.05) is 12.1 Å². The Hall–Kier alpha value is -3.99. The number of anilines is 3. The lowest BCUT2D eigenvalue weighted by molar-refractivity contribution is -0.114. The van der Waals surface area contributed by atoms with Gasteiger partial charge in [0.2, 0.25) is 5.91 Å². The normalized spacial score (nSPS) is 13.9. The van der Waals surface area contributed by atoms with Crippen molar-refractivity contribution in [2.45, 2.75) is 6.92 Å². The van der Waals surface area contributed by atoms with Crippen molar-refractivity contribution in [1.29, 1.82) is 5.26 Å². The molecule has 1 saturated heterocycles. The maximum Gasteiger partial charge on any atom is 0.267 e. The van der Waals surface area contributed by atoms with Crippen molar-refractivity contribution in [3.05, 3.63) is 60.3 Å². The minimum atomic E-state index is -0.470. The molecule has 0 unspecified atom stereocenters. The Labute approximate surface area is 181 Å². The van der Waals surface area contributed by atoms with Gasteiger partial charge in [-0.2, -0.15) is 5.26 Å². The lowest BCUT2D eigenvalue weighted by atomic mass is 10.2. The molecular weight excluding hydrogens is 394 g/mol. The van der Waals surface area contributed by atoms with E-state index in [1.54, 1.807) is 37.6 Å². The van der Waals surface area contributed by atoms with E-state index < -0.39 is 5.91 Å². The molecular formula is C23H25N5O3. The van der Waals surface area contributed by atoms with Crippen LogP contribution in [0.25, 0.3) is 0 Å². The van der Waals surface area contributed by atoms with Gasteiger partial charge in [-0.3, -0.25) is 9.59 Å². The summed E-state index contributed by atoms with van der Waals surface area (Å²) in [6.45, 7) is 4.29. The summed E-state index contributed by atoms with van der Waals surface area (Å²) in [5, 5.41) is 14.8. The summed E-state index contributed by atoms with van der Waals surface area (Å²) < 4.78 is 5.44. The van der Waals surface area contributed by atoms with E-state index in [9.17, 15) is 14.9 Å². The molecule has 1 heterocycles. The van der Waals surface area contributed by atoms with Crippen molar-refractivity contribution in [2.75, 3.05) is 48.8 Å². The molecule has 0 atom stereocenters. The van der Waals surface area contributed by atoms with E-state index in [0.717, 1.165) is 24.5 Å². The zero-order valence-electron chi connectivity index (χ0n) is 17.6. The molecule has 0 bridgehead atoms. The first-order valence-electron chi connectivity index (χ1n) is 9.93. The Balaban J connectivity index is 1.59. The minimum Gasteiger partial charge on any atom is -0.495 e. The number of hydrogen-bond acceptors (Lipinski definition) is 6. The third-order valence-corrected chi connectivity index (χ3v) is 4.88. The molecule has 0 aromatic heterocycles. The van der Waals surface area contributed by atoms with Crippen molar-refractivity contribution in [3.63, 3.8) is 0 Å². The van der Waals surface area contributed by atoms with Crippen molar-refractivity contribution in [1.82, 2.24) is 4.90 Å². The average Bonchev–Trinajstić information content (AvgIpc) is 2.78. The first-order valence-corrected chi connectivity index (χ1v) is 9.93. The number of piperazine rings is 1. The van der Waals surface area contributed by atoms with Gasteiger partial charge in [0.1, 0.15) is 17.4 Å². The Kier molecular flexibility index (Phi) is 7.12. The van der Waals surface area contributed by atoms with Crippen LogP contribution in [0.5, 0.6) is 5.75 Å². The quantitative estimate of drug-likeness (QED) is 0.552. The van der Waals surface area contributed by atoms with Crippen LogP contribution in [-0.2, 0) is 9.59 Å². The first kappa shape index (κ1) is 21.7. The number of amides is 2. The van der Waals surface area contributed by atoms with E-state index in [1.165, 1.54) is 6.92 Å². The molecule has 160 valence electrons. The number of benzene rings is 2. The molecule has 2 amide bonds. The monoisotopic (exact) mass is 419 g/mol. The summed E-state index contributed by atoms with van der Waals surface area (Å²) in [5.41, 5.74) is 2.25. The zero-order valence-corrected chi connectivity index (χ0v) is 17.6. The topological polar surface area (TPSA) is 97.7 Å². The van der Waals surface area contributed by atoms with E-state index in [-0.39, 0.29) is 11.5 Å². The lowest BCUT2D eigenvalue weighted by Gasteiger charge is -2.36. The van der Waals surface area contributed by atoms with Crippen LogP contribution < -0.4 is 20.3 Å². The van der Waals surface area contributed by atoms with E-state index >= 15 is 0 Å². The van der Waals surface area contributed by atoms with Crippen molar-refractivity contribution in [3.8, 4) is 11.8 Å². The largest absolute Gasteiger partial charge is 0.495 e. The Morgan fingerprint density at radius 1 is 1.00 bits per heavy atom. The van der Waals surface area contributed by atoms with E-state index in [1.807, 2.05) is 35.2 Å². The smallest absolute Gasteiger partial charge is 0.267 e. The molecule has 0 radical (unpaired) electrons. The van der Waals surface area contributed by atoms with Crippen LogP contribution in [-0.4, -0.2) is 50.0 Å². The number of nitrogens with one attached hydrogen (secondary N) is 2. The van der Waals surface area contributed by atoms with Gasteiger partial charge in [0, 0.05) is 50.7 Å². The fourth-order valence-electron chi connectivity index (χ4n) is 3.34. The number of hydrogen-bond donors (Lipinski definition) is 2. The lowest BCUT2D eigenvalue weighted by Crippen LogP contribution is -2.44. The van der Waals surface area contributed by atoms with Gasteiger partial charge in [-0.15, -0.1) is 0 Å². The fourth-order valence-corrected chi connectivity index (χ4v) is 3.34. The summed E-state index contributed by atoms with van der Waals surface area (Å²) in [7, 11) is 1.66. The Morgan fingerprint density at radius 3 is 2.19 bits per heavy atom. The maximum atomic E-state index is 12.5. The molecule has 1 aliphatic rings. The molecule has 0 aliphatic carbocycles. The zero-order chi connectivity index (χ0) is 22.2. The molecule has 8 nitrogen and oxygen atoms in total. The molecule has 1 fully saturated rings. The van der Waals surface area contributed by atoms with Gasteiger partial charge in [0.15, 0.2) is 0 Å². The number of nitrogens with zero attached hydrogens (tertiary/aromatic N) is 3. The second-order valence-corrected chi connectivity index (χ2v) is 7.06. The molecule has 2 aromatic carbocycles. The molecule has 1 aliphatic heterocycles. The fraction of sp³-hybridized carbons (Fsp3) is 0.261. The molecule has 8 heteroatoms. The second kappa shape index (κ2) is 10.2. The average molecular weight is 419 g/mol. The van der Waals surface area contributed by atoms with Crippen molar-refractivity contribution in [2.24, 2.45) is 0 Å². The van der Waals surface area contributed by atoms with Gasteiger partial charge >= 0.3 is 0 Å². The summed E-state index contributed by atoms with van der Waals surface area (Å²) in [5.74, 6) is 0.187. The van der Waals surface area contributed by atoms with Crippen LogP contribution in [0, 0.1) is 11.3 Å². The van der Waals surface area contributed by atoms with Crippen LogP contribution in [0.4, 0.5) is 17.1 Å².